The fraction of sp³-hybridized carbons (Fsp3) is 0.467. The topological polar surface area (TPSA) is 69.6 Å². The Labute approximate surface area is 134 Å². The summed E-state index contributed by atoms with van der Waals surface area (Å²) in [6.07, 6.45) is 2.98. The lowest BCUT2D eigenvalue weighted by Gasteiger charge is -2.35. The molecule has 1 amide bonds. The summed E-state index contributed by atoms with van der Waals surface area (Å²) < 4.78 is 13.0. The summed E-state index contributed by atoms with van der Waals surface area (Å²) in [5, 5.41) is 10.9. The van der Waals surface area contributed by atoms with Gasteiger partial charge in [0.25, 0.3) is 0 Å². The molecule has 1 aromatic rings. The van der Waals surface area contributed by atoms with Gasteiger partial charge in [0.2, 0.25) is 5.91 Å². The molecule has 1 atom stereocenters. The number of aliphatic carboxylic acids is 1. The molecule has 1 saturated heterocycles. The smallest absolute Gasteiger partial charge is 0.322 e. The van der Waals surface area contributed by atoms with Gasteiger partial charge in [0, 0.05) is 6.04 Å². The molecule has 1 unspecified atom stereocenters. The van der Waals surface area contributed by atoms with E-state index < -0.39 is 5.97 Å². The van der Waals surface area contributed by atoms with Gasteiger partial charge in [-0.3, -0.25) is 14.5 Å². The van der Waals surface area contributed by atoms with E-state index in [1.165, 1.54) is 12.1 Å². The molecule has 0 bridgehead atoms. The monoisotopic (exact) mass is 330 g/mol. The van der Waals surface area contributed by atoms with Gasteiger partial charge in [-0.15, -0.1) is 12.4 Å². The van der Waals surface area contributed by atoms with Crippen LogP contribution >= 0.6 is 12.4 Å². The fourth-order valence-corrected chi connectivity index (χ4v) is 2.66. The second-order valence-corrected chi connectivity index (χ2v) is 5.20. The molecule has 22 heavy (non-hydrogen) atoms. The van der Waals surface area contributed by atoms with Gasteiger partial charge in [0.05, 0.1) is 6.54 Å². The molecule has 2 N–H and O–H groups in total. The number of benzene rings is 1. The molecule has 0 aromatic heterocycles. The van der Waals surface area contributed by atoms with Crippen LogP contribution in [0.3, 0.4) is 0 Å². The van der Waals surface area contributed by atoms with Crippen molar-refractivity contribution in [2.45, 2.75) is 25.3 Å². The van der Waals surface area contributed by atoms with E-state index in [1.54, 1.807) is 12.1 Å². The van der Waals surface area contributed by atoms with Gasteiger partial charge in [0.15, 0.2) is 0 Å². The fourth-order valence-electron chi connectivity index (χ4n) is 2.66. The maximum atomic E-state index is 13.0. The Hall–Kier alpha value is -1.66. The van der Waals surface area contributed by atoms with Crippen LogP contribution in [0.5, 0.6) is 0 Å². The van der Waals surface area contributed by atoms with Crippen molar-refractivity contribution in [2.75, 3.05) is 19.6 Å². The number of carboxylic acids is 1. The largest absolute Gasteiger partial charge is 0.480 e. The highest BCUT2D eigenvalue weighted by Crippen LogP contribution is 2.30. The summed E-state index contributed by atoms with van der Waals surface area (Å²) in [6, 6.07) is 6.41. The molecule has 1 aliphatic rings. The number of hydrogen-bond acceptors (Lipinski definition) is 3. The van der Waals surface area contributed by atoms with Crippen LogP contribution in [-0.4, -0.2) is 41.5 Å². The summed E-state index contributed by atoms with van der Waals surface area (Å²) in [4.78, 5) is 24.2. The Balaban J connectivity index is 0.00000242. The van der Waals surface area contributed by atoms with Crippen LogP contribution in [0, 0.1) is 5.82 Å². The predicted octanol–water partition coefficient (Wildman–Crippen LogP) is 1.98. The normalized spacial score (nSPS) is 18.3. The second-order valence-electron chi connectivity index (χ2n) is 5.20. The Bertz CT molecular complexity index is 510. The van der Waals surface area contributed by atoms with Gasteiger partial charge in [-0.2, -0.15) is 0 Å². The minimum Gasteiger partial charge on any atom is -0.480 e. The molecule has 1 aliphatic heterocycles. The molecular weight excluding hydrogens is 311 g/mol. The minimum atomic E-state index is -1.06. The number of carbonyl (C=O) groups excluding carboxylic acids is 1. The molecule has 0 spiro atoms. The van der Waals surface area contributed by atoms with E-state index in [2.05, 4.69) is 5.32 Å². The summed E-state index contributed by atoms with van der Waals surface area (Å²) in [7, 11) is 0. The molecule has 0 aliphatic carbocycles. The predicted molar refractivity (Wildman–Crippen MR) is 82.5 cm³/mol. The van der Waals surface area contributed by atoms with Crippen LogP contribution < -0.4 is 5.32 Å². The van der Waals surface area contributed by atoms with E-state index in [0.717, 1.165) is 31.4 Å². The molecule has 7 heteroatoms. The van der Waals surface area contributed by atoms with E-state index in [9.17, 15) is 14.0 Å². The second kappa shape index (κ2) is 8.70. The number of hydrogen-bond donors (Lipinski definition) is 2. The highest BCUT2D eigenvalue weighted by molar-refractivity contribution is 5.85. The van der Waals surface area contributed by atoms with Crippen LogP contribution in [-0.2, 0) is 9.59 Å². The van der Waals surface area contributed by atoms with Crippen LogP contribution in [0.2, 0.25) is 0 Å². The van der Waals surface area contributed by atoms with Crippen molar-refractivity contribution in [3.8, 4) is 0 Å². The van der Waals surface area contributed by atoms with Crippen molar-refractivity contribution in [1.82, 2.24) is 10.2 Å². The number of amides is 1. The number of likely N-dealkylation sites (tertiary alicyclic amines) is 1. The standard InChI is InChI=1S/C15H19FN2O3.ClH/c16-12-6-4-11(5-7-12)13-3-1-2-8-18(13)10-14(19)17-9-15(20)21;/h4-7,13H,1-3,8-10H2,(H,17,19)(H,20,21);1H. The lowest BCUT2D eigenvalue weighted by Crippen LogP contribution is -2.42. The van der Waals surface area contributed by atoms with E-state index in [1.807, 2.05) is 4.90 Å². The lowest BCUT2D eigenvalue weighted by atomic mass is 9.95. The van der Waals surface area contributed by atoms with Gasteiger partial charge in [0.1, 0.15) is 12.4 Å². The summed E-state index contributed by atoms with van der Waals surface area (Å²) >= 11 is 0. The first-order valence-corrected chi connectivity index (χ1v) is 7.04. The van der Waals surface area contributed by atoms with Gasteiger partial charge in [-0.25, -0.2) is 4.39 Å². The van der Waals surface area contributed by atoms with E-state index in [-0.39, 0.29) is 43.3 Å². The molecule has 5 nitrogen and oxygen atoms in total. The first-order chi connectivity index (χ1) is 10.1. The number of piperidine rings is 1. The number of carbonyl (C=O) groups is 2. The van der Waals surface area contributed by atoms with Gasteiger partial charge >= 0.3 is 5.97 Å². The van der Waals surface area contributed by atoms with Gasteiger partial charge in [-0.1, -0.05) is 18.6 Å². The number of halogens is 2. The molecule has 0 saturated carbocycles. The van der Waals surface area contributed by atoms with Gasteiger partial charge in [-0.05, 0) is 37.1 Å². The Morgan fingerprint density at radius 2 is 1.95 bits per heavy atom. The molecule has 2 rings (SSSR count). The van der Waals surface area contributed by atoms with Crippen molar-refractivity contribution in [1.29, 1.82) is 0 Å². The molecule has 0 radical (unpaired) electrons. The zero-order chi connectivity index (χ0) is 15.2. The number of carboxylic acid groups (broad SMARTS) is 1. The molecule has 1 aromatic carbocycles. The van der Waals surface area contributed by atoms with Crippen molar-refractivity contribution in [2.24, 2.45) is 0 Å². The number of nitrogens with zero attached hydrogens (tertiary/aromatic N) is 1. The Morgan fingerprint density at radius 3 is 2.59 bits per heavy atom. The number of rotatable bonds is 5. The quantitative estimate of drug-likeness (QED) is 0.866. The van der Waals surface area contributed by atoms with Crippen LogP contribution in [0.25, 0.3) is 0 Å². The number of nitrogens with one attached hydrogen (secondary N) is 1. The minimum absolute atomic E-state index is 0. The zero-order valence-corrected chi connectivity index (χ0v) is 12.9. The third-order valence-corrected chi connectivity index (χ3v) is 3.65. The van der Waals surface area contributed by atoms with Crippen molar-refractivity contribution >= 4 is 24.3 Å². The van der Waals surface area contributed by atoms with Crippen molar-refractivity contribution < 1.29 is 19.1 Å². The van der Waals surface area contributed by atoms with Crippen LogP contribution in [0.4, 0.5) is 4.39 Å². The average molecular weight is 331 g/mol. The molecule has 1 fully saturated rings. The van der Waals surface area contributed by atoms with Crippen molar-refractivity contribution in [3.05, 3.63) is 35.6 Å². The third-order valence-electron chi connectivity index (χ3n) is 3.65. The first-order valence-electron chi connectivity index (χ1n) is 7.04. The van der Waals surface area contributed by atoms with Crippen LogP contribution in [0.15, 0.2) is 24.3 Å². The third kappa shape index (κ3) is 5.27. The van der Waals surface area contributed by atoms with E-state index in [0.29, 0.717) is 0 Å². The zero-order valence-electron chi connectivity index (χ0n) is 12.1. The first kappa shape index (κ1) is 18.4. The van der Waals surface area contributed by atoms with Crippen molar-refractivity contribution in [3.63, 3.8) is 0 Å². The lowest BCUT2D eigenvalue weighted by molar-refractivity contribution is -0.138. The maximum absolute atomic E-state index is 13.0. The summed E-state index contributed by atoms with van der Waals surface area (Å²) in [5.41, 5.74) is 0.988. The highest BCUT2D eigenvalue weighted by atomic mass is 35.5. The van der Waals surface area contributed by atoms with E-state index in [4.69, 9.17) is 5.11 Å². The summed E-state index contributed by atoms with van der Waals surface area (Å²) in [6.45, 7) is 0.575. The molecular formula is C15H20ClFN2O3. The Morgan fingerprint density at radius 1 is 1.27 bits per heavy atom. The van der Waals surface area contributed by atoms with Crippen LogP contribution in [0.1, 0.15) is 30.9 Å². The highest BCUT2D eigenvalue weighted by Gasteiger charge is 2.25. The SMILES string of the molecule is Cl.O=C(O)CNC(=O)CN1CCCCC1c1ccc(F)cc1. The summed E-state index contributed by atoms with van der Waals surface area (Å²) in [5.74, 6) is -1.64. The van der Waals surface area contributed by atoms with Gasteiger partial charge < -0.3 is 10.4 Å². The maximum Gasteiger partial charge on any atom is 0.322 e. The average Bonchev–Trinajstić information content (AvgIpc) is 2.47. The van der Waals surface area contributed by atoms with E-state index >= 15 is 0 Å². The molecule has 122 valence electrons. The Kier molecular flexibility index (Phi) is 7.27. The molecule has 1 heterocycles.